The predicted octanol–water partition coefficient (Wildman–Crippen LogP) is 2.78. The van der Waals surface area contributed by atoms with E-state index < -0.39 is 0 Å². The lowest BCUT2D eigenvalue weighted by molar-refractivity contribution is 1.57. The average Bonchev–Trinajstić information content (AvgIpc) is 2.19. The average molecular weight is 186 g/mol. The SMILES string of the molecule is C=Cc1cc(C=C)c(N)c(C=C)c1N. The molecule has 0 amide bonds. The van der Waals surface area contributed by atoms with E-state index in [-0.39, 0.29) is 0 Å². The number of anilines is 2. The molecule has 0 unspecified atom stereocenters. The summed E-state index contributed by atoms with van der Waals surface area (Å²) in [5.74, 6) is 0. The summed E-state index contributed by atoms with van der Waals surface area (Å²) in [7, 11) is 0. The zero-order valence-electron chi connectivity index (χ0n) is 8.09. The molecule has 0 aromatic heterocycles. The normalized spacial score (nSPS) is 9.43. The molecule has 0 fully saturated rings. The van der Waals surface area contributed by atoms with Crippen LogP contribution in [-0.2, 0) is 0 Å². The van der Waals surface area contributed by atoms with E-state index in [2.05, 4.69) is 19.7 Å². The summed E-state index contributed by atoms with van der Waals surface area (Å²) in [5, 5.41) is 0. The summed E-state index contributed by atoms with van der Waals surface area (Å²) in [6.45, 7) is 11.0. The molecule has 2 heteroatoms. The highest BCUT2D eigenvalue weighted by molar-refractivity contribution is 5.86. The maximum atomic E-state index is 5.87. The third-order valence-electron chi connectivity index (χ3n) is 2.16. The first-order valence-corrected chi connectivity index (χ1v) is 4.25. The molecule has 2 nitrogen and oxygen atoms in total. The van der Waals surface area contributed by atoms with Crippen LogP contribution in [0.2, 0.25) is 0 Å². The van der Waals surface area contributed by atoms with E-state index in [1.54, 1.807) is 18.2 Å². The molecule has 72 valence electrons. The number of hydrogen-bond donors (Lipinski definition) is 2. The fourth-order valence-electron chi connectivity index (χ4n) is 1.34. The number of rotatable bonds is 3. The third-order valence-corrected chi connectivity index (χ3v) is 2.16. The van der Waals surface area contributed by atoms with E-state index in [1.165, 1.54) is 0 Å². The number of hydrogen-bond acceptors (Lipinski definition) is 2. The standard InChI is InChI=1S/C12H14N2/c1-4-8-7-9(5-2)12(14)10(6-3)11(8)13/h4-7H,1-3,13-14H2. The summed E-state index contributed by atoms with van der Waals surface area (Å²) in [6, 6.07) is 1.86. The molecule has 0 aliphatic heterocycles. The van der Waals surface area contributed by atoms with Crippen LogP contribution in [0.3, 0.4) is 0 Å². The van der Waals surface area contributed by atoms with Crippen LogP contribution in [0.15, 0.2) is 25.8 Å². The van der Waals surface area contributed by atoms with Gasteiger partial charge in [0.15, 0.2) is 0 Å². The first-order chi connectivity index (χ1) is 6.65. The van der Waals surface area contributed by atoms with Crippen LogP contribution >= 0.6 is 0 Å². The lowest BCUT2D eigenvalue weighted by atomic mass is 10.00. The predicted molar refractivity (Wildman–Crippen MR) is 65.5 cm³/mol. The van der Waals surface area contributed by atoms with Gasteiger partial charge in [-0.1, -0.05) is 38.0 Å². The van der Waals surface area contributed by atoms with Crippen LogP contribution < -0.4 is 11.5 Å². The second-order valence-electron chi connectivity index (χ2n) is 2.91. The van der Waals surface area contributed by atoms with Gasteiger partial charge in [0.05, 0.1) is 0 Å². The highest BCUT2D eigenvalue weighted by Gasteiger charge is 2.07. The zero-order valence-corrected chi connectivity index (χ0v) is 8.09. The Morgan fingerprint density at radius 2 is 1.29 bits per heavy atom. The van der Waals surface area contributed by atoms with Gasteiger partial charge in [-0.15, -0.1) is 0 Å². The van der Waals surface area contributed by atoms with Gasteiger partial charge in [0.1, 0.15) is 0 Å². The van der Waals surface area contributed by atoms with Crippen molar-refractivity contribution in [2.24, 2.45) is 0 Å². The van der Waals surface area contributed by atoms with Crippen molar-refractivity contribution in [1.29, 1.82) is 0 Å². The second-order valence-corrected chi connectivity index (χ2v) is 2.91. The van der Waals surface area contributed by atoms with E-state index in [1.807, 2.05) is 6.07 Å². The van der Waals surface area contributed by atoms with Gasteiger partial charge in [-0.3, -0.25) is 0 Å². The lowest BCUT2D eigenvalue weighted by Gasteiger charge is -2.11. The molecule has 1 aromatic rings. The van der Waals surface area contributed by atoms with Crippen molar-refractivity contribution in [3.8, 4) is 0 Å². The molecule has 0 radical (unpaired) electrons. The molecule has 0 atom stereocenters. The molecular weight excluding hydrogens is 172 g/mol. The topological polar surface area (TPSA) is 52.0 Å². The van der Waals surface area contributed by atoms with Gasteiger partial charge < -0.3 is 11.5 Å². The maximum absolute atomic E-state index is 5.87. The van der Waals surface area contributed by atoms with Crippen molar-refractivity contribution < 1.29 is 0 Å². The first kappa shape index (κ1) is 10.1. The summed E-state index contributed by atoms with van der Waals surface area (Å²) in [4.78, 5) is 0. The Morgan fingerprint density at radius 1 is 0.857 bits per heavy atom. The Labute approximate surface area is 84.2 Å². The molecule has 1 aromatic carbocycles. The Morgan fingerprint density at radius 3 is 1.57 bits per heavy atom. The molecule has 1 rings (SSSR count). The molecule has 0 aliphatic carbocycles. The van der Waals surface area contributed by atoms with Crippen LogP contribution in [0.1, 0.15) is 16.7 Å². The van der Waals surface area contributed by atoms with Crippen molar-refractivity contribution >= 4 is 29.6 Å². The molecule has 4 N–H and O–H groups in total. The van der Waals surface area contributed by atoms with Gasteiger partial charge in [-0.25, -0.2) is 0 Å². The molecule has 0 spiro atoms. The van der Waals surface area contributed by atoms with Crippen molar-refractivity contribution in [1.82, 2.24) is 0 Å². The lowest BCUT2D eigenvalue weighted by Crippen LogP contribution is -2.01. The van der Waals surface area contributed by atoms with E-state index >= 15 is 0 Å². The van der Waals surface area contributed by atoms with E-state index in [0.717, 1.165) is 16.7 Å². The van der Waals surface area contributed by atoms with Gasteiger partial charge >= 0.3 is 0 Å². The third kappa shape index (κ3) is 1.42. The van der Waals surface area contributed by atoms with Crippen molar-refractivity contribution in [2.45, 2.75) is 0 Å². The van der Waals surface area contributed by atoms with Crippen molar-refractivity contribution in [3.05, 3.63) is 42.5 Å². The maximum Gasteiger partial charge on any atom is 0.0482 e. The quantitative estimate of drug-likeness (QED) is 0.713. The van der Waals surface area contributed by atoms with Crippen LogP contribution in [0.4, 0.5) is 11.4 Å². The first-order valence-electron chi connectivity index (χ1n) is 4.25. The van der Waals surface area contributed by atoms with Gasteiger partial charge in [0.2, 0.25) is 0 Å². The monoisotopic (exact) mass is 186 g/mol. The molecular formula is C12H14N2. The minimum absolute atomic E-state index is 0.609. The molecule has 0 aliphatic rings. The van der Waals surface area contributed by atoms with Crippen molar-refractivity contribution in [2.75, 3.05) is 11.5 Å². The summed E-state index contributed by atoms with van der Waals surface area (Å²) in [6.07, 6.45) is 5.02. The smallest absolute Gasteiger partial charge is 0.0482 e. The van der Waals surface area contributed by atoms with Gasteiger partial charge in [0, 0.05) is 16.9 Å². The van der Waals surface area contributed by atoms with Crippen molar-refractivity contribution in [3.63, 3.8) is 0 Å². The number of benzene rings is 1. The summed E-state index contributed by atoms with van der Waals surface area (Å²) in [5.41, 5.74) is 15.4. The summed E-state index contributed by atoms with van der Waals surface area (Å²) >= 11 is 0. The van der Waals surface area contributed by atoms with Gasteiger partial charge in [-0.2, -0.15) is 0 Å². The van der Waals surface area contributed by atoms with Gasteiger partial charge in [0.25, 0.3) is 0 Å². The van der Waals surface area contributed by atoms with Crippen LogP contribution in [0.5, 0.6) is 0 Å². The van der Waals surface area contributed by atoms with Crippen LogP contribution in [0, 0.1) is 0 Å². The second kappa shape index (κ2) is 3.83. The largest absolute Gasteiger partial charge is 0.398 e. The minimum atomic E-state index is 0.609. The van der Waals surface area contributed by atoms with Crippen LogP contribution in [0.25, 0.3) is 18.2 Å². The number of nitrogen functional groups attached to an aromatic ring is 2. The number of nitrogens with two attached hydrogens (primary N) is 2. The zero-order chi connectivity index (χ0) is 10.7. The Kier molecular flexibility index (Phi) is 2.77. The summed E-state index contributed by atoms with van der Waals surface area (Å²) < 4.78 is 0. The Bertz CT molecular complexity index is 371. The molecule has 14 heavy (non-hydrogen) atoms. The Balaban J connectivity index is 3.62. The van der Waals surface area contributed by atoms with E-state index in [0.29, 0.717) is 11.4 Å². The molecule has 0 saturated heterocycles. The van der Waals surface area contributed by atoms with Crippen LogP contribution in [-0.4, -0.2) is 0 Å². The van der Waals surface area contributed by atoms with E-state index in [4.69, 9.17) is 11.5 Å². The van der Waals surface area contributed by atoms with E-state index in [9.17, 15) is 0 Å². The van der Waals surface area contributed by atoms with Gasteiger partial charge in [-0.05, 0) is 17.2 Å². The molecule has 0 saturated carbocycles. The molecule has 0 bridgehead atoms. The molecule has 0 heterocycles. The fourth-order valence-corrected chi connectivity index (χ4v) is 1.34. The highest BCUT2D eigenvalue weighted by Crippen LogP contribution is 2.30. The fraction of sp³-hybridized carbons (Fsp3) is 0. The highest BCUT2D eigenvalue weighted by atomic mass is 14.6. The Hall–Kier alpha value is -1.96. The minimum Gasteiger partial charge on any atom is -0.398 e.